The van der Waals surface area contributed by atoms with Gasteiger partial charge < -0.3 is 24.7 Å². The zero-order valence-corrected chi connectivity index (χ0v) is 16.2. The number of rotatable bonds is 7. The third kappa shape index (κ3) is 4.22. The van der Waals surface area contributed by atoms with Crippen LogP contribution in [0.1, 0.15) is 21.7 Å². The second kappa shape index (κ2) is 8.61. The molecule has 1 aromatic heterocycles. The fraction of sp³-hybridized carbons (Fsp3) is 0.125. The number of carbonyl (C=O) groups is 1. The van der Waals surface area contributed by atoms with Crippen molar-refractivity contribution in [2.45, 2.75) is 13.0 Å². The highest BCUT2D eigenvalue weighted by atomic mass is 16.5. The predicted octanol–water partition coefficient (Wildman–Crippen LogP) is 4.40. The summed E-state index contributed by atoms with van der Waals surface area (Å²) in [6.45, 7) is 0.550. The molecule has 6 nitrogen and oxygen atoms in total. The molecule has 6 heteroatoms. The molecule has 0 aliphatic rings. The van der Waals surface area contributed by atoms with E-state index in [4.69, 9.17) is 9.15 Å². The maximum absolute atomic E-state index is 12.8. The number of nitrogens with one attached hydrogen (secondary N) is 1. The molecular weight excluding hydrogens is 382 g/mol. The van der Waals surface area contributed by atoms with Gasteiger partial charge in [-0.05, 0) is 42.3 Å². The molecule has 0 saturated heterocycles. The molecule has 0 unspecified atom stereocenters. The standard InChI is InChI=1S/C24H21NO5/c26-20-11-10-16(14-21(20)27)12-13-25-24(28)23-19(15-29-17-6-2-1-3-7-17)18-8-4-5-9-22(18)30-23/h1-11,14,26-27H,12-13,15H2,(H,25,28). The summed E-state index contributed by atoms with van der Waals surface area (Å²) in [6.07, 6.45) is 0.496. The third-order valence-corrected chi connectivity index (χ3v) is 4.77. The van der Waals surface area contributed by atoms with Gasteiger partial charge in [-0.25, -0.2) is 0 Å². The molecule has 4 rings (SSSR count). The van der Waals surface area contributed by atoms with E-state index in [9.17, 15) is 15.0 Å². The van der Waals surface area contributed by atoms with Gasteiger partial charge in [-0.2, -0.15) is 0 Å². The number of hydrogen-bond donors (Lipinski definition) is 3. The minimum absolute atomic E-state index is 0.173. The first-order valence-corrected chi connectivity index (χ1v) is 9.59. The van der Waals surface area contributed by atoms with Crippen LogP contribution in [0.2, 0.25) is 0 Å². The Kier molecular flexibility index (Phi) is 5.57. The fourth-order valence-corrected chi connectivity index (χ4v) is 3.22. The van der Waals surface area contributed by atoms with Crippen molar-refractivity contribution in [3.63, 3.8) is 0 Å². The Balaban J connectivity index is 1.49. The quantitative estimate of drug-likeness (QED) is 0.398. The molecule has 0 saturated carbocycles. The Bertz CT molecular complexity index is 1170. The second-order valence-electron chi connectivity index (χ2n) is 6.84. The topological polar surface area (TPSA) is 91.9 Å². The number of fused-ring (bicyclic) bond motifs is 1. The van der Waals surface area contributed by atoms with Gasteiger partial charge >= 0.3 is 0 Å². The molecule has 0 bridgehead atoms. The van der Waals surface area contributed by atoms with Gasteiger partial charge in [-0.3, -0.25) is 4.79 Å². The molecule has 4 aromatic rings. The van der Waals surface area contributed by atoms with Crippen LogP contribution in [0, 0.1) is 0 Å². The Hall–Kier alpha value is -3.93. The normalized spacial score (nSPS) is 10.8. The minimum atomic E-state index is -0.333. The number of phenols is 2. The van der Waals surface area contributed by atoms with Gasteiger partial charge in [0.1, 0.15) is 17.9 Å². The van der Waals surface area contributed by atoms with E-state index in [2.05, 4.69) is 5.32 Å². The highest BCUT2D eigenvalue weighted by molar-refractivity contribution is 5.99. The van der Waals surface area contributed by atoms with E-state index < -0.39 is 0 Å². The van der Waals surface area contributed by atoms with Crippen LogP contribution < -0.4 is 10.1 Å². The number of carbonyl (C=O) groups excluding carboxylic acids is 1. The van der Waals surface area contributed by atoms with Crippen LogP contribution >= 0.6 is 0 Å². The van der Waals surface area contributed by atoms with Crippen molar-refractivity contribution in [1.82, 2.24) is 5.32 Å². The van der Waals surface area contributed by atoms with E-state index in [1.165, 1.54) is 12.1 Å². The number of hydrogen-bond acceptors (Lipinski definition) is 5. The summed E-state index contributed by atoms with van der Waals surface area (Å²) in [4.78, 5) is 12.8. The summed E-state index contributed by atoms with van der Waals surface area (Å²) in [5.74, 6) is 0.243. The van der Waals surface area contributed by atoms with E-state index in [1.54, 1.807) is 6.07 Å². The molecule has 152 valence electrons. The fourth-order valence-electron chi connectivity index (χ4n) is 3.22. The van der Waals surface area contributed by atoms with Crippen LogP contribution in [0.4, 0.5) is 0 Å². The first-order chi connectivity index (χ1) is 14.6. The highest BCUT2D eigenvalue weighted by Crippen LogP contribution is 2.28. The van der Waals surface area contributed by atoms with Gasteiger partial charge in [0.2, 0.25) is 0 Å². The van der Waals surface area contributed by atoms with Crippen molar-refractivity contribution in [2.24, 2.45) is 0 Å². The van der Waals surface area contributed by atoms with E-state index in [-0.39, 0.29) is 29.8 Å². The Labute approximate surface area is 173 Å². The number of phenolic OH excluding ortho intramolecular Hbond substituents is 2. The minimum Gasteiger partial charge on any atom is -0.504 e. The van der Waals surface area contributed by atoms with Crippen molar-refractivity contribution in [1.29, 1.82) is 0 Å². The number of ether oxygens (including phenoxy) is 1. The van der Waals surface area contributed by atoms with Crippen LogP contribution in [-0.4, -0.2) is 22.7 Å². The highest BCUT2D eigenvalue weighted by Gasteiger charge is 2.20. The van der Waals surface area contributed by atoms with Gasteiger partial charge in [-0.1, -0.05) is 42.5 Å². The molecular formula is C24H21NO5. The van der Waals surface area contributed by atoms with Gasteiger partial charge in [0.25, 0.3) is 5.91 Å². The lowest BCUT2D eigenvalue weighted by atomic mass is 10.1. The predicted molar refractivity (Wildman–Crippen MR) is 113 cm³/mol. The lowest BCUT2D eigenvalue weighted by molar-refractivity contribution is 0.0925. The average Bonchev–Trinajstić information content (AvgIpc) is 3.14. The summed E-state index contributed by atoms with van der Waals surface area (Å²) < 4.78 is 11.7. The maximum atomic E-state index is 12.8. The van der Waals surface area contributed by atoms with Crippen molar-refractivity contribution >= 4 is 16.9 Å². The van der Waals surface area contributed by atoms with Crippen LogP contribution in [0.5, 0.6) is 17.2 Å². The lowest BCUT2D eigenvalue weighted by Gasteiger charge is -2.08. The van der Waals surface area contributed by atoms with Crippen molar-refractivity contribution in [3.8, 4) is 17.2 Å². The van der Waals surface area contributed by atoms with Crippen LogP contribution in [0.25, 0.3) is 11.0 Å². The molecule has 0 radical (unpaired) electrons. The molecule has 0 fully saturated rings. The molecule has 3 N–H and O–H groups in total. The Morgan fingerprint density at radius 1 is 0.933 bits per heavy atom. The molecule has 0 aliphatic carbocycles. The van der Waals surface area contributed by atoms with Crippen LogP contribution in [0.15, 0.2) is 77.2 Å². The summed E-state index contributed by atoms with van der Waals surface area (Å²) in [5, 5.41) is 22.7. The van der Waals surface area contributed by atoms with Crippen LogP contribution in [0.3, 0.4) is 0 Å². The SMILES string of the molecule is O=C(NCCc1ccc(O)c(O)c1)c1oc2ccccc2c1COc1ccccc1. The van der Waals surface area contributed by atoms with Crippen molar-refractivity contribution in [3.05, 3.63) is 89.7 Å². The molecule has 1 amide bonds. The van der Waals surface area contributed by atoms with E-state index >= 15 is 0 Å². The van der Waals surface area contributed by atoms with Gasteiger partial charge in [0.05, 0.1) is 0 Å². The summed E-state index contributed by atoms with van der Waals surface area (Å²) in [5.41, 5.74) is 2.11. The third-order valence-electron chi connectivity index (χ3n) is 4.77. The Morgan fingerprint density at radius 3 is 2.50 bits per heavy atom. The number of benzene rings is 3. The molecule has 0 atom stereocenters. The summed E-state index contributed by atoms with van der Waals surface area (Å²) in [6, 6.07) is 21.4. The zero-order valence-electron chi connectivity index (χ0n) is 16.2. The largest absolute Gasteiger partial charge is 0.504 e. The molecule has 0 spiro atoms. The molecule has 0 aliphatic heterocycles. The molecule has 3 aromatic carbocycles. The van der Waals surface area contributed by atoms with Crippen molar-refractivity contribution < 1.29 is 24.2 Å². The first kappa shape index (κ1) is 19.4. The lowest BCUT2D eigenvalue weighted by Crippen LogP contribution is -2.26. The van der Waals surface area contributed by atoms with E-state index in [1.807, 2.05) is 54.6 Å². The number of amides is 1. The molecule has 1 heterocycles. The van der Waals surface area contributed by atoms with Gasteiger partial charge in [0.15, 0.2) is 17.3 Å². The van der Waals surface area contributed by atoms with E-state index in [0.717, 1.165) is 10.9 Å². The summed E-state index contributed by atoms with van der Waals surface area (Å²) >= 11 is 0. The molecule has 30 heavy (non-hydrogen) atoms. The number of furan rings is 1. The van der Waals surface area contributed by atoms with Gasteiger partial charge in [-0.15, -0.1) is 0 Å². The zero-order chi connectivity index (χ0) is 20.9. The smallest absolute Gasteiger partial charge is 0.287 e. The monoisotopic (exact) mass is 403 g/mol. The summed E-state index contributed by atoms with van der Waals surface area (Å²) in [7, 11) is 0. The number of para-hydroxylation sites is 2. The maximum Gasteiger partial charge on any atom is 0.287 e. The van der Waals surface area contributed by atoms with Crippen LogP contribution in [-0.2, 0) is 13.0 Å². The first-order valence-electron chi connectivity index (χ1n) is 9.59. The second-order valence-corrected chi connectivity index (χ2v) is 6.84. The average molecular weight is 403 g/mol. The van der Waals surface area contributed by atoms with Gasteiger partial charge in [0, 0.05) is 17.5 Å². The van der Waals surface area contributed by atoms with Crippen molar-refractivity contribution in [2.75, 3.05) is 6.54 Å². The number of aromatic hydroxyl groups is 2. The Morgan fingerprint density at radius 2 is 1.70 bits per heavy atom. The van der Waals surface area contributed by atoms with E-state index in [0.29, 0.717) is 29.9 Å².